The summed E-state index contributed by atoms with van der Waals surface area (Å²) in [6, 6.07) is 2.09. The SMILES string of the molecule is CCC1CCN(C(=O)c2cc(Br)cn2CC)C(CN)C1. The fourth-order valence-electron chi connectivity index (χ4n) is 3.06. The van der Waals surface area contributed by atoms with E-state index in [4.69, 9.17) is 5.73 Å². The number of aryl methyl sites for hydroxylation is 1. The van der Waals surface area contributed by atoms with E-state index in [1.165, 1.54) is 6.42 Å². The molecule has 4 nitrogen and oxygen atoms in total. The molecule has 0 saturated carbocycles. The number of halogens is 1. The Morgan fingerprint density at radius 2 is 2.25 bits per heavy atom. The number of carbonyl (C=O) groups excluding carboxylic acids is 1. The first-order chi connectivity index (χ1) is 9.60. The molecule has 20 heavy (non-hydrogen) atoms. The zero-order chi connectivity index (χ0) is 14.7. The maximum Gasteiger partial charge on any atom is 0.270 e. The lowest BCUT2D eigenvalue weighted by Crippen LogP contribution is -2.49. The summed E-state index contributed by atoms with van der Waals surface area (Å²) in [5, 5.41) is 0. The van der Waals surface area contributed by atoms with Gasteiger partial charge in [-0.2, -0.15) is 0 Å². The van der Waals surface area contributed by atoms with Crippen LogP contribution < -0.4 is 5.73 Å². The second-order valence-corrected chi connectivity index (χ2v) is 6.43. The van der Waals surface area contributed by atoms with E-state index in [1.54, 1.807) is 0 Å². The van der Waals surface area contributed by atoms with E-state index in [0.29, 0.717) is 12.5 Å². The topological polar surface area (TPSA) is 51.3 Å². The number of amides is 1. The van der Waals surface area contributed by atoms with Crippen molar-refractivity contribution in [1.29, 1.82) is 0 Å². The number of hydrogen-bond donors (Lipinski definition) is 1. The smallest absolute Gasteiger partial charge is 0.270 e. The highest BCUT2D eigenvalue weighted by molar-refractivity contribution is 9.10. The number of nitrogens with two attached hydrogens (primary N) is 1. The van der Waals surface area contributed by atoms with E-state index in [-0.39, 0.29) is 11.9 Å². The molecular weight excluding hydrogens is 318 g/mol. The van der Waals surface area contributed by atoms with Gasteiger partial charge < -0.3 is 15.2 Å². The molecule has 2 unspecified atom stereocenters. The molecule has 1 amide bonds. The summed E-state index contributed by atoms with van der Waals surface area (Å²) in [6.45, 7) is 6.44. The highest BCUT2D eigenvalue weighted by atomic mass is 79.9. The van der Waals surface area contributed by atoms with Crippen LogP contribution in [-0.4, -0.2) is 34.5 Å². The third-order valence-corrected chi connectivity index (χ3v) is 4.79. The number of carbonyl (C=O) groups is 1. The minimum absolute atomic E-state index is 0.113. The molecule has 2 heterocycles. The molecule has 1 saturated heterocycles. The standard InChI is InChI=1S/C15H24BrN3O/c1-3-11-5-6-19(13(7-11)9-17)15(20)14-8-12(16)10-18(14)4-2/h8,10-11,13H,3-7,9,17H2,1-2H3. The van der Waals surface area contributed by atoms with Crippen molar-refractivity contribution in [2.75, 3.05) is 13.1 Å². The zero-order valence-electron chi connectivity index (χ0n) is 12.3. The maximum atomic E-state index is 12.8. The Kier molecular flexibility index (Phi) is 5.27. The van der Waals surface area contributed by atoms with Crippen LogP contribution in [-0.2, 0) is 6.54 Å². The van der Waals surface area contributed by atoms with E-state index in [1.807, 2.05) is 28.7 Å². The van der Waals surface area contributed by atoms with Crippen molar-refractivity contribution in [1.82, 2.24) is 9.47 Å². The Balaban J connectivity index is 2.19. The average Bonchev–Trinajstić information content (AvgIpc) is 2.86. The lowest BCUT2D eigenvalue weighted by molar-refractivity contribution is 0.0548. The first-order valence-electron chi connectivity index (χ1n) is 7.47. The van der Waals surface area contributed by atoms with E-state index in [0.717, 1.165) is 36.1 Å². The third kappa shape index (κ3) is 3.09. The molecule has 5 heteroatoms. The minimum Gasteiger partial charge on any atom is -0.343 e. The van der Waals surface area contributed by atoms with Gasteiger partial charge in [0.1, 0.15) is 5.69 Å². The second-order valence-electron chi connectivity index (χ2n) is 5.52. The van der Waals surface area contributed by atoms with Crippen LogP contribution in [0, 0.1) is 5.92 Å². The van der Waals surface area contributed by atoms with E-state index >= 15 is 0 Å². The molecule has 2 N–H and O–H groups in total. The van der Waals surface area contributed by atoms with Gasteiger partial charge in [-0.1, -0.05) is 13.3 Å². The Morgan fingerprint density at radius 3 is 2.85 bits per heavy atom. The molecule has 2 atom stereocenters. The molecule has 1 fully saturated rings. The quantitative estimate of drug-likeness (QED) is 0.915. The zero-order valence-corrected chi connectivity index (χ0v) is 13.9. The predicted molar refractivity (Wildman–Crippen MR) is 84.7 cm³/mol. The molecule has 1 aromatic rings. The van der Waals surface area contributed by atoms with Crippen LogP contribution in [0.5, 0.6) is 0 Å². The molecule has 1 aliphatic heterocycles. The van der Waals surface area contributed by atoms with Crippen LogP contribution in [0.1, 0.15) is 43.6 Å². The van der Waals surface area contributed by atoms with Crippen molar-refractivity contribution in [3.8, 4) is 0 Å². The molecule has 0 aliphatic carbocycles. The second kappa shape index (κ2) is 6.76. The number of rotatable bonds is 4. The highest BCUT2D eigenvalue weighted by Gasteiger charge is 2.31. The largest absolute Gasteiger partial charge is 0.343 e. The number of aromatic nitrogens is 1. The number of piperidine rings is 1. The van der Waals surface area contributed by atoms with E-state index in [2.05, 4.69) is 22.9 Å². The predicted octanol–water partition coefficient (Wildman–Crippen LogP) is 2.86. The molecule has 0 bridgehead atoms. The van der Waals surface area contributed by atoms with Crippen molar-refractivity contribution >= 4 is 21.8 Å². The normalized spacial score (nSPS) is 23.1. The van der Waals surface area contributed by atoms with E-state index < -0.39 is 0 Å². The summed E-state index contributed by atoms with van der Waals surface area (Å²) in [5.74, 6) is 0.819. The first kappa shape index (κ1) is 15.6. The van der Waals surface area contributed by atoms with Gasteiger partial charge >= 0.3 is 0 Å². The Labute approximate surface area is 129 Å². The summed E-state index contributed by atoms with van der Waals surface area (Å²) >= 11 is 3.45. The summed E-state index contributed by atoms with van der Waals surface area (Å²) in [4.78, 5) is 14.8. The van der Waals surface area contributed by atoms with Crippen LogP contribution in [0.2, 0.25) is 0 Å². The fraction of sp³-hybridized carbons (Fsp3) is 0.667. The van der Waals surface area contributed by atoms with Crippen molar-refractivity contribution in [2.24, 2.45) is 11.7 Å². The Morgan fingerprint density at radius 1 is 1.50 bits per heavy atom. The minimum atomic E-state index is 0.113. The number of nitrogens with zero attached hydrogens (tertiary/aromatic N) is 2. The van der Waals surface area contributed by atoms with Crippen LogP contribution in [0.3, 0.4) is 0 Å². The highest BCUT2D eigenvalue weighted by Crippen LogP contribution is 2.27. The van der Waals surface area contributed by atoms with Gasteiger partial charge in [-0.05, 0) is 47.7 Å². The van der Waals surface area contributed by atoms with Crippen molar-refractivity contribution < 1.29 is 4.79 Å². The van der Waals surface area contributed by atoms with E-state index in [9.17, 15) is 4.79 Å². The monoisotopic (exact) mass is 341 g/mol. The van der Waals surface area contributed by atoms with Gasteiger partial charge in [0, 0.05) is 36.3 Å². The van der Waals surface area contributed by atoms with Gasteiger partial charge in [-0.3, -0.25) is 4.79 Å². The van der Waals surface area contributed by atoms with Gasteiger partial charge in [0.05, 0.1) is 0 Å². The Bertz CT molecular complexity index is 472. The summed E-state index contributed by atoms with van der Waals surface area (Å²) in [6.07, 6.45) is 5.26. The number of hydrogen-bond acceptors (Lipinski definition) is 2. The summed E-state index contributed by atoms with van der Waals surface area (Å²) in [7, 11) is 0. The maximum absolute atomic E-state index is 12.8. The van der Waals surface area contributed by atoms with Crippen LogP contribution >= 0.6 is 15.9 Å². The van der Waals surface area contributed by atoms with Gasteiger partial charge in [-0.25, -0.2) is 0 Å². The van der Waals surface area contributed by atoms with Crippen molar-refractivity contribution in [2.45, 2.75) is 45.7 Å². The molecule has 2 rings (SSSR count). The lowest BCUT2D eigenvalue weighted by Gasteiger charge is -2.39. The summed E-state index contributed by atoms with van der Waals surface area (Å²) in [5.41, 5.74) is 6.65. The molecule has 1 aromatic heterocycles. The van der Waals surface area contributed by atoms with Gasteiger partial charge in [-0.15, -0.1) is 0 Å². The van der Waals surface area contributed by atoms with Crippen LogP contribution in [0.15, 0.2) is 16.7 Å². The van der Waals surface area contributed by atoms with Crippen molar-refractivity contribution in [3.63, 3.8) is 0 Å². The summed E-state index contributed by atoms with van der Waals surface area (Å²) < 4.78 is 2.95. The third-order valence-electron chi connectivity index (χ3n) is 4.36. The van der Waals surface area contributed by atoms with Crippen LogP contribution in [0.25, 0.3) is 0 Å². The Hall–Kier alpha value is -0.810. The van der Waals surface area contributed by atoms with Gasteiger partial charge in [0.15, 0.2) is 0 Å². The molecule has 112 valence electrons. The molecule has 0 aromatic carbocycles. The molecule has 1 aliphatic rings. The molecule has 0 radical (unpaired) electrons. The first-order valence-corrected chi connectivity index (χ1v) is 8.26. The van der Waals surface area contributed by atoms with Gasteiger partial charge in [0.2, 0.25) is 0 Å². The van der Waals surface area contributed by atoms with Crippen molar-refractivity contribution in [3.05, 3.63) is 22.4 Å². The number of likely N-dealkylation sites (tertiary alicyclic amines) is 1. The van der Waals surface area contributed by atoms with Crippen LogP contribution in [0.4, 0.5) is 0 Å². The fourth-order valence-corrected chi connectivity index (χ4v) is 3.52. The van der Waals surface area contributed by atoms with Gasteiger partial charge in [0.25, 0.3) is 5.91 Å². The molecule has 0 spiro atoms. The average molecular weight is 342 g/mol. The lowest BCUT2D eigenvalue weighted by atomic mass is 9.88. The molecular formula is C15H24BrN3O.